The largest absolute Gasteiger partial charge is 0.464 e. The van der Waals surface area contributed by atoms with E-state index in [0.717, 1.165) is 12.1 Å². The number of pyridine rings is 1. The smallest absolute Gasteiger partial charge is 0.419 e. The molecule has 0 bridgehead atoms. The molecule has 0 fully saturated rings. The molecule has 0 spiro atoms. The number of nitrogens with one attached hydrogen (secondary N) is 1. The van der Waals surface area contributed by atoms with Gasteiger partial charge < -0.3 is 14.6 Å². The van der Waals surface area contributed by atoms with Gasteiger partial charge in [-0.25, -0.2) is 4.39 Å². The molecule has 10 heteroatoms. The molecule has 1 N–H and O–H groups in total. The molecule has 3 aromatic rings. The number of hydrogen-bond donors (Lipinski definition) is 1. The van der Waals surface area contributed by atoms with Crippen LogP contribution in [0.5, 0.6) is 0 Å². The molecule has 1 atom stereocenters. The summed E-state index contributed by atoms with van der Waals surface area (Å²) >= 11 is 0. The highest BCUT2D eigenvalue weighted by Crippen LogP contribution is 2.31. The normalized spacial score (nSPS) is 12.4. The molecule has 180 valence electrons. The number of carbonyl (C=O) groups is 2. The Bertz CT molecular complexity index is 1310. The van der Waals surface area contributed by atoms with E-state index in [-0.39, 0.29) is 35.2 Å². The minimum Gasteiger partial charge on any atom is -0.464 e. The van der Waals surface area contributed by atoms with Gasteiger partial charge in [0.1, 0.15) is 12.4 Å². The number of halogens is 4. The number of rotatable bonds is 6. The maximum atomic E-state index is 13.8. The predicted molar refractivity (Wildman–Crippen MR) is 117 cm³/mol. The summed E-state index contributed by atoms with van der Waals surface area (Å²) in [7, 11) is 0. The number of carbonyl (C=O) groups excluding carboxylic acids is 2. The Hall–Kier alpha value is -3.69. The number of aryl methyl sites for hydroxylation is 1. The Morgan fingerprint density at radius 3 is 2.44 bits per heavy atom. The molecule has 6 nitrogen and oxygen atoms in total. The first kappa shape index (κ1) is 24.9. The Labute approximate surface area is 192 Å². The van der Waals surface area contributed by atoms with Gasteiger partial charge in [0.2, 0.25) is 0 Å². The number of amides is 1. The maximum absolute atomic E-state index is 13.8. The van der Waals surface area contributed by atoms with Gasteiger partial charge in [0.05, 0.1) is 17.2 Å². The van der Waals surface area contributed by atoms with Crippen LogP contribution >= 0.6 is 0 Å². The van der Waals surface area contributed by atoms with Crippen molar-refractivity contribution in [3.63, 3.8) is 0 Å². The van der Waals surface area contributed by atoms with Gasteiger partial charge in [0, 0.05) is 30.4 Å². The van der Waals surface area contributed by atoms with Gasteiger partial charge in [0.15, 0.2) is 0 Å². The van der Waals surface area contributed by atoms with Gasteiger partial charge in [-0.15, -0.1) is 0 Å². The van der Waals surface area contributed by atoms with Crippen LogP contribution in [0.3, 0.4) is 0 Å². The van der Waals surface area contributed by atoms with E-state index in [2.05, 4.69) is 5.32 Å². The lowest BCUT2D eigenvalue weighted by Gasteiger charge is -2.17. The van der Waals surface area contributed by atoms with E-state index < -0.39 is 35.5 Å². The molecule has 0 aliphatic heterocycles. The third kappa shape index (κ3) is 5.27. The van der Waals surface area contributed by atoms with Crippen molar-refractivity contribution in [3.8, 4) is 0 Å². The molecule has 0 saturated carbocycles. The van der Waals surface area contributed by atoms with Gasteiger partial charge in [0.25, 0.3) is 11.5 Å². The van der Waals surface area contributed by atoms with Gasteiger partial charge in [-0.2, -0.15) is 13.2 Å². The highest BCUT2D eigenvalue weighted by atomic mass is 19.4. The van der Waals surface area contributed by atoms with Crippen molar-refractivity contribution in [2.45, 2.75) is 39.5 Å². The molecule has 3 rings (SSSR count). The maximum Gasteiger partial charge on any atom is 0.419 e. The van der Waals surface area contributed by atoms with Crippen molar-refractivity contribution >= 4 is 22.6 Å². The fourth-order valence-electron chi connectivity index (χ4n) is 3.59. The van der Waals surface area contributed by atoms with Gasteiger partial charge in [-0.05, 0) is 49.2 Å². The summed E-state index contributed by atoms with van der Waals surface area (Å²) in [6.07, 6.45) is -3.31. The SMILES string of the molecule is CC(=O)OC[C@@H](C)n1ccc2c(C(=O)NCc3ccc(C(F)(F)F)c(F)c3)c(C)ccc2c1=O. The van der Waals surface area contributed by atoms with Crippen LogP contribution in [-0.4, -0.2) is 23.1 Å². The van der Waals surface area contributed by atoms with Crippen molar-refractivity contribution < 1.29 is 31.9 Å². The average molecular weight is 478 g/mol. The number of esters is 1. The standard InChI is InChI=1S/C24H22F4N2O4/c1-13-4-6-18-17(8-9-30(23(18)33)14(2)12-34-15(3)31)21(13)22(32)29-11-16-5-7-19(20(25)10-16)24(26,27)28/h4-10,14H,11-12H2,1-3H3,(H,29,32)/t14-/m1/s1. The van der Waals surface area contributed by atoms with Crippen molar-refractivity contribution in [1.82, 2.24) is 9.88 Å². The number of fused-ring (bicyclic) bond motifs is 1. The van der Waals surface area contributed by atoms with E-state index in [9.17, 15) is 31.9 Å². The van der Waals surface area contributed by atoms with Crippen LogP contribution < -0.4 is 10.9 Å². The fraction of sp³-hybridized carbons (Fsp3) is 0.292. The summed E-state index contributed by atoms with van der Waals surface area (Å²) in [5.74, 6) is -2.46. The molecular formula is C24H22F4N2O4. The van der Waals surface area contributed by atoms with E-state index >= 15 is 0 Å². The summed E-state index contributed by atoms with van der Waals surface area (Å²) in [4.78, 5) is 37.0. The first-order valence-corrected chi connectivity index (χ1v) is 10.3. The highest BCUT2D eigenvalue weighted by molar-refractivity contribution is 6.08. The summed E-state index contributed by atoms with van der Waals surface area (Å²) in [6.45, 7) is 4.45. The molecule has 1 amide bonds. The van der Waals surface area contributed by atoms with E-state index in [4.69, 9.17) is 4.74 Å². The zero-order valence-electron chi connectivity index (χ0n) is 18.6. The molecule has 0 aliphatic carbocycles. The minimum atomic E-state index is -4.81. The summed E-state index contributed by atoms with van der Waals surface area (Å²) < 4.78 is 58.4. The topological polar surface area (TPSA) is 77.4 Å². The van der Waals surface area contributed by atoms with E-state index in [1.54, 1.807) is 32.0 Å². The number of benzene rings is 2. The molecule has 0 saturated heterocycles. The van der Waals surface area contributed by atoms with Crippen LogP contribution in [0.1, 0.15) is 46.9 Å². The molecule has 2 aromatic carbocycles. The second-order valence-electron chi connectivity index (χ2n) is 7.89. The summed E-state index contributed by atoms with van der Waals surface area (Å²) in [5, 5.41) is 3.23. The Balaban J connectivity index is 1.87. The molecule has 34 heavy (non-hydrogen) atoms. The lowest BCUT2D eigenvalue weighted by atomic mass is 10.00. The number of ether oxygens (including phenoxy) is 1. The number of alkyl halides is 3. The molecule has 0 radical (unpaired) electrons. The zero-order chi connectivity index (χ0) is 25.2. The van der Waals surface area contributed by atoms with Gasteiger partial charge in [-0.3, -0.25) is 14.4 Å². The van der Waals surface area contributed by atoms with Crippen LogP contribution in [0.15, 0.2) is 47.4 Å². The molecule has 1 aromatic heterocycles. The van der Waals surface area contributed by atoms with E-state index in [0.29, 0.717) is 17.0 Å². The predicted octanol–water partition coefficient (Wildman–Crippen LogP) is 4.52. The number of aromatic nitrogens is 1. The monoisotopic (exact) mass is 478 g/mol. The Morgan fingerprint density at radius 1 is 1.12 bits per heavy atom. The van der Waals surface area contributed by atoms with Crippen molar-refractivity contribution in [2.24, 2.45) is 0 Å². The van der Waals surface area contributed by atoms with Gasteiger partial charge in [-0.1, -0.05) is 12.1 Å². The van der Waals surface area contributed by atoms with E-state index in [1.807, 2.05) is 0 Å². The number of hydrogen-bond acceptors (Lipinski definition) is 4. The van der Waals surface area contributed by atoms with Crippen molar-refractivity contribution in [2.75, 3.05) is 6.61 Å². The minimum absolute atomic E-state index is 0.00361. The molecule has 1 heterocycles. The van der Waals surface area contributed by atoms with Gasteiger partial charge >= 0.3 is 12.1 Å². The lowest BCUT2D eigenvalue weighted by molar-refractivity contribution is -0.142. The Kier molecular flexibility index (Phi) is 7.09. The quantitative estimate of drug-likeness (QED) is 0.418. The van der Waals surface area contributed by atoms with E-state index in [1.165, 1.54) is 17.7 Å². The Morgan fingerprint density at radius 2 is 1.82 bits per heavy atom. The van der Waals surface area contributed by atoms with Crippen LogP contribution in [0.2, 0.25) is 0 Å². The third-order valence-electron chi connectivity index (χ3n) is 5.34. The second kappa shape index (κ2) is 9.66. The average Bonchev–Trinajstić information content (AvgIpc) is 2.75. The molecule has 0 unspecified atom stereocenters. The summed E-state index contributed by atoms with van der Waals surface area (Å²) in [5.41, 5.74) is -0.809. The lowest BCUT2D eigenvalue weighted by Crippen LogP contribution is -2.28. The number of nitrogens with zero attached hydrogens (tertiary/aromatic N) is 1. The van der Waals surface area contributed by atoms with Crippen LogP contribution in [-0.2, 0) is 22.3 Å². The first-order valence-electron chi connectivity index (χ1n) is 10.3. The third-order valence-corrected chi connectivity index (χ3v) is 5.34. The van der Waals surface area contributed by atoms with Crippen LogP contribution in [0, 0.1) is 12.7 Å². The van der Waals surface area contributed by atoms with Crippen LogP contribution in [0.25, 0.3) is 10.8 Å². The fourth-order valence-corrected chi connectivity index (χ4v) is 3.59. The summed E-state index contributed by atoms with van der Waals surface area (Å²) in [6, 6.07) is 6.80. The zero-order valence-corrected chi connectivity index (χ0v) is 18.6. The molecular weight excluding hydrogens is 456 g/mol. The van der Waals surface area contributed by atoms with Crippen LogP contribution in [0.4, 0.5) is 17.6 Å². The second-order valence-corrected chi connectivity index (χ2v) is 7.89. The highest BCUT2D eigenvalue weighted by Gasteiger charge is 2.33. The van der Waals surface area contributed by atoms with Crippen molar-refractivity contribution in [1.29, 1.82) is 0 Å². The molecule has 0 aliphatic rings. The first-order chi connectivity index (χ1) is 15.9. The van der Waals surface area contributed by atoms with Crippen molar-refractivity contribution in [3.05, 3.63) is 81.0 Å².